The van der Waals surface area contributed by atoms with Crippen LogP contribution < -0.4 is 5.32 Å². The van der Waals surface area contributed by atoms with Gasteiger partial charge in [-0.3, -0.25) is 9.78 Å². The minimum absolute atomic E-state index is 0.0364. The van der Waals surface area contributed by atoms with Crippen LogP contribution in [0.15, 0.2) is 48.8 Å². The third-order valence-corrected chi connectivity index (χ3v) is 3.22. The lowest BCUT2D eigenvalue weighted by atomic mass is 10.1. The average molecular weight is 269 g/mol. The number of para-hydroxylation sites is 1. The highest BCUT2D eigenvalue weighted by Gasteiger charge is 2.17. The third-order valence-electron chi connectivity index (χ3n) is 3.22. The number of aromatic nitrogens is 1. The molecule has 0 aliphatic rings. The first kappa shape index (κ1) is 14.1. The van der Waals surface area contributed by atoms with E-state index in [2.05, 4.69) is 10.3 Å². The number of carbonyl (C=O) groups is 1. The number of anilines is 1. The second kappa shape index (κ2) is 6.70. The summed E-state index contributed by atoms with van der Waals surface area (Å²) in [6, 6.07) is 11.4. The molecule has 4 heteroatoms. The first-order valence-corrected chi connectivity index (χ1v) is 6.71. The lowest BCUT2D eigenvalue weighted by Crippen LogP contribution is -2.30. The van der Waals surface area contributed by atoms with Crippen molar-refractivity contribution in [2.75, 3.05) is 18.9 Å². The van der Waals surface area contributed by atoms with Crippen LogP contribution in [-0.2, 0) is 6.54 Å². The predicted octanol–water partition coefficient (Wildman–Crippen LogP) is 2.79. The molecule has 0 bridgehead atoms. The molecule has 0 atom stereocenters. The normalized spacial score (nSPS) is 10.1. The highest BCUT2D eigenvalue weighted by Crippen LogP contribution is 2.17. The summed E-state index contributed by atoms with van der Waals surface area (Å²) in [5.41, 5.74) is 2.63. The van der Waals surface area contributed by atoms with Crippen LogP contribution in [0.5, 0.6) is 0 Å². The van der Waals surface area contributed by atoms with Crippen molar-refractivity contribution in [3.8, 4) is 0 Å². The number of pyridine rings is 1. The van der Waals surface area contributed by atoms with E-state index in [-0.39, 0.29) is 5.91 Å². The van der Waals surface area contributed by atoms with Gasteiger partial charge in [-0.1, -0.05) is 12.1 Å². The molecular weight excluding hydrogens is 250 g/mol. The molecule has 0 aliphatic heterocycles. The number of amides is 1. The standard InChI is InChI=1S/C16H19N3O/c1-3-19(12-13-8-10-18-11-9-13)16(20)14-6-4-5-7-15(14)17-2/h4-11,17H,3,12H2,1-2H3. The van der Waals surface area contributed by atoms with E-state index in [1.807, 2.05) is 55.3 Å². The summed E-state index contributed by atoms with van der Waals surface area (Å²) in [7, 11) is 1.82. The van der Waals surface area contributed by atoms with Crippen LogP contribution in [0, 0.1) is 0 Å². The molecular formula is C16H19N3O. The molecule has 0 spiro atoms. The maximum Gasteiger partial charge on any atom is 0.256 e. The highest BCUT2D eigenvalue weighted by molar-refractivity contribution is 5.99. The Hall–Kier alpha value is -2.36. The second-order valence-corrected chi connectivity index (χ2v) is 4.47. The fraction of sp³-hybridized carbons (Fsp3) is 0.250. The molecule has 0 saturated heterocycles. The van der Waals surface area contributed by atoms with Gasteiger partial charge in [0.2, 0.25) is 0 Å². The van der Waals surface area contributed by atoms with Crippen LogP contribution in [0.1, 0.15) is 22.8 Å². The van der Waals surface area contributed by atoms with Crippen molar-refractivity contribution < 1.29 is 4.79 Å². The maximum atomic E-state index is 12.6. The van der Waals surface area contributed by atoms with Crippen LogP contribution in [0.3, 0.4) is 0 Å². The third kappa shape index (κ3) is 3.15. The molecule has 0 radical (unpaired) electrons. The van der Waals surface area contributed by atoms with Gasteiger partial charge in [0.05, 0.1) is 5.56 Å². The summed E-state index contributed by atoms with van der Waals surface area (Å²) >= 11 is 0. The van der Waals surface area contributed by atoms with E-state index in [1.165, 1.54) is 0 Å². The van der Waals surface area contributed by atoms with E-state index < -0.39 is 0 Å². The highest BCUT2D eigenvalue weighted by atomic mass is 16.2. The predicted molar refractivity (Wildman–Crippen MR) is 80.6 cm³/mol. The molecule has 0 fully saturated rings. The van der Waals surface area contributed by atoms with E-state index >= 15 is 0 Å². The first-order valence-electron chi connectivity index (χ1n) is 6.71. The average Bonchev–Trinajstić information content (AvgIpc) is 2.53. The zero-order valence-electron chi connectivity index (χ0n) is 11.8. The molecule has 1 heterocycles. The Morgan fingerprint density at radius 3 is 2.55 bits per heavy atom. The van der Waals surface area contributed by atoms with Crippen LogP contribution in [0.2, 0.25) is 0 Å². The maximum absolute atomic E-state index is 12.6. The van der Waals surface area contributed by atoms with Gasteiger partial charge in [-0.25, -0.2) is 0 Å². The number of rotatable bonds is 5. The number of hydrogen-bond donors (Lipinski definition) is 1. The van der Waals surface area contributed by atoms with Crippen LogP contribution in [0.4, 0.5) is 5.69 Å². The summed E-state index contributed by atoms with van der Waals surface area (Å²) in [5.74, 6) is 0.0364. The van der Waals surface area contributed by atoms with Crippen LogP contribution >= 0.6 is 0 Å². The fourth-order valence-electron chi connectivity index (χ4n) is 2.09. The van der Waals surface area contributed by atoms with Gasteiger partial charge in [-0.2, -0.15) is 0 Å². The minimum atomic E-state index is 0.0364. The van der Waals surface area contributed by atoms with Crippen molar-refractivity contribution in [1.29, 1.82) is 0 Å². The van der Waals surface area contributed by atoms with Gasteiger partial charge in [-0.15, -0.1) is 0 Å². The van der Waals surface area contributed by atoms with Crippen molar-refractivity contribution in [1.82, 2.24) is 9.88 Å². The Labute approximate surface area is 119 Å². The number of benzene rings is 1. The molecule has 4 nitrogen and oxygen atoms in total. The molecule has 2 aromatic rings. The van der Waals surface area contributed by atoms with Gasteiger partial charge in [-0.05, 0) is 36.8 Å². The van der Waals surface area contributed by atoms with Crippen molar-refractivity contribution in [2.45, 2.75) is 13.5 Å². The van der Waals surface area contributed by atoms with Gasteiger partial charge in [0.15, 0.2) is 0 Å². The first-order chi connectivity index (χ1) is 9.76. The van der Waals surface area contributed by atoms with Gasteiger partial charge < -0.3 is 10.2 Å². The largest absolute Gasteiger partial charge is 0.387 e. The monoisotopic (exact) mass is 269 g/mol. The Balaban J connectivity index is 2.21. The Morgan fingerprint density at radius 2 is 1.90 bits per heavy atom. The lowest BCUT2D eigenvalue weighted by Gasteiger charge is -2.22. The quantitative estimate of drug-likeness (QED) is 0.907. The van der Waals surface area contributed by atoms with E-state index in [4.69, 9.17) is 0 Å². The SMILES string of the molecule is CCN(Cc1ccncc1)C(=O)c1ccccc1NC. The number of nitrogens with zero attached hydrogens (tertiary/aromatic N) is 2. The molecule has 2 rings (SSSR count). The smallest absolute Gasteiger partial charge is 0.256 e. The Bertz CT molecular complexity index is 569. The molecule has 0 aliphatic carbocycles. The van der Waals surface area contributed by atoms with Crippen molar-refractivity contribution >= 4 is 11.6 Å². The van der Waals surface area contributed by atoms with Crippen LogP contribution in [0.25, 0.3) is 0 Å². The van der Waals surface area contributed by atoms with Gasteiger partial charge in [0, 0.05) is 38.2 Å². The molecule has 1 aromatic heterocycles. The van der Waals surface area contributed by atoms with Crippen molar-refractivity contribution in [3.63, 3.8) is 0 Å². The van der Waals surface area contributed by atoms with E-state index in [0.29, 0.717) is 18.7 Å². The summed E-state index contributed by atoms with van der Waals surface area (Å²) in [6.45, 7) is 3.25. The molecule has 1 N–H and O–H groups in total. The number of nitrogens with one attached hydrogen (secondary N) is 1. The molecule has 20 heavy (non-hydrogen) atoms. The van der Waals surface area contributed by atoms with Crippen molar-refractivity contribution in [3.05, 3.63) is 59.9 Å². The lowest BCUT2D eigenvalue weighted by molar-refractivity contribution is 0.0753. The molecule has 1 aromatic carbocycles. The zero-order chi connectivity index (χ0) is 14.4. The molecule has 0 saturated carbocycles. The van der Waals surface area contributed by atoms with E-state index in [0.717, 1.165) is 11.3 Å². The molecule has 104 valence electrons. The van der Waals surface area contributed by atoms with Crippen LogP contribution in [-0.4, -0.2) is 29.4 Å². The second-order valence-electron chi connectivity index (χ2n) is 4.47. The van der Waals surface area contributed by atoms with Gasteiger partial charge in [0.25, 0.3) is 5.91 Å². The van der Waals surface area contributed by atoms with E-state index in [9.17, 15) is 4.79 Å². The molecule has 1 amide bonds. The van der Waals surface area contributed by atoms with Gasteiger partial charge >= 0.3 is 0 Å². The number of hydrogen-bond acceptors (Lipinski definition) is 3. The molecule has 0 unspecified atom stereocenters. The summed E-state index contributed by atoms with van der Waals surface area (Å²) in [6.07, 6.45) is 3.49. The summed E-state index contributed by atoms with van der Waals surface area (Å²) in [5, 5.41) is 3.06. The van der Waals surface area contributed by atoms with E-state index in [1.54, 1.807) is 12.4 Å². The minimum Gasteiger partial charge on any atom is -0.387 e. The zero-order valence-corrected chi connectivity index (χ0v) is 11.8. The van der Waals surface area contributed by atoms with Gasteiger partial charge in [0.1, 0.15) is 0 Å². The Morgan fingerprint density at radius 1 is 1.20 bits per heavy atom. The summed E-state index contributed by atoms with van der Waals surface area (Å²) < 4.78 is 0. The summed E-state index contributed by atoms with van der Waals surface area (Å²) in [4.78, 5) is 18.5. The number of carbonyl (C=O) groups excluding carboxylic acids is 1. The fourth-order valence-corrected chi connectivity index (χ4v) is 2.09. The van der Waals surface area contributed by atoms with Crippen molar-refractivity contribution in [2.24, 2.45) is 0 Å². The Kier molecular flexibility index (Phi) is 4.71. The topological polar surface area (TPSA) is 45.2 Å².